The Hall–Kier alpha value is -2.63. The van der Waals surface area contributed by atoms with E-state index in [2.05, 4.69) is 22.2 Å². The Kier molecular flexibility index (Phi) is 4.93. The maximum atomic E-state index is 12.6. The maximum Gasteiger partial charge on any atom is 0.336 e. The van der Waals surface area contributed by atoms with E-state index >= 15 is 0 Å². The van der Waals surface area contributed by atoms with E-state index in [1.54, 1.807) is 17.5 Å². The van der Waals surface area contributed by atoms with E-state index in [1.165, 1.54) is 0 Å². The van der Waals surface area contributed by atoms with Crippen LogP contribution in [-0.4, -0.2) is 33.8 Å². The molecule has 1 N–H and O–H groups in total. The fourth-order valence-electron chi connectivity index (χ4n) is 2.75. The number of urea groups is 1. The first kappa shape index (κ1) is 16.2. The molecule has 2 heterocycles. The number of amides is 2. The van der Waals surface area contributed by atoms with Crippen LogP contribution >= 0.6 is 0 Å². The van der Waals surface area contributed by atoms with Crippen LogP contribution in [0.2, 0.25) is 0 Å². The number of pyridine rings is 1. The first-order chi connectivity index (χ1) is 11.8. The van der Waals surface area contributed by atoms with Crippen molar-refractivity contribution in [3.05, 3.63) is 36.8 Å². The SMILES string of the molecule is CCCCN(C(=O)NCCC)n1cnc2cnc3ccccc3c21. The normalized spacial score (nSPS) is 11.1. The molecule has 0 saturated heterocycles. The van der Waals surface area contributed by atoms with Crippen molar-refractivity contribution in [2.24, 2.45) is 0 Å². The van der Waals surface area contributed by atoms with Gasteiger partial charge in [0, 0.05) is 18.5 Å². The molecular formula is C18H23N5O. The summed E-state index contributed by atoms with van der Waals surface area (Å²) < 4.78 is 1.86. The lowest BCUT2D eigenvalue weighted by molar-refractivity contribution is 0.240. The molecule has 0 spiro atoms. The Morgan fingerprint density at radius 1 is 1.17 bits per heavy atom. The van der Waals surface area contributed by atoms with Gasteiger partial charge in [0.2, 0.25) is 0 Å². The van der Waals surface area contributed by atoms with E-state index in [-0.39, 0.29) is 6.03 Å². The number of nitrogens with zero attached hydrogens (tertiary/aromatic N) is 4. The van der Waals surface area contributed by atoms with Gasteiger partial charge >= 0.3 is 6.03 Å². The zero-order chi connectivity index (χ0) is 16.9. The zero-order valence-electron chi connectivity index (χ0n) is 14.2. The highest BCUT2D eigenvalue weighted by Gasteiger charge is 2.18. The highest BCUT2D eigenvalue weighted by Crippen LogP contribution is 2.23. The average Bonchev–Trinajstić information content (AvgIpc) is 3.04. The third kappa shape index (κ3) is 3.04. The number of hydrogen-bond acceptors (Lipinski definition) is 3. The van der Waals surface area contributed by atoms with Crippen LogP contribution < -0.4 is 10.3 Å². The van der Waals surface area contributed by atoms with Crippen molar-refractivity contribution in [1.29, 1.82) is 0 Å². The van der Waals surface area contributed by atoms with E-state index < -0.39 is 0 Å². The van der Waals surface area contributed by atoms with Gasteiger partial charge in [-0.15, -0.1) is 0 Å². The number of carbonyl (C=O) groups is 1. The molecule has 3 rings (SSSR count). The van der Waals surface area contributed by atoms with Crippen LogP contribution in [-0.2, 0) is 0 Å². The molecule has 126 valence electrons. The molecule has 0 radical (unpaired) electrons. The van der Waals surface area contributed by atoms with Crippen LogP contribution in [0.3, 0.4) is 0 Å². The second-order valence-electron chi connectivity index (χ2n) is 5.81. The van der Waals surface area contributed by atoms with Crippen molar-refractivity contribution in [3.8, 4) is 0 Å². The monoisotopic (exact) mass is 325 g/mol. The number of unbranched alkanes of at least 4 members (excludes halogenated alkanes) is 1. The van der Waals surface area contributed by atoms with Crippen molar-refractivity contribution >= 4 is 28.0 Å². The lowest BCUT2D eigenvalue weighted by Gasteiger charge is -2.24. The van der Waals surface area contributed by atoms with Gasteiger partial charge in [-0.05, 0) is 18.9 Å². The minimum Gasteiger partial charge on any atom is -0.337 e. The van der Waals surface area contributed by atoms with Crippen LogP contribution in [0.1, 0.15) is 33.1 Å². The summed E-state index contributed by atoms with van der Waals surface area (Å²) >= 11 is 0. The van der Waals surface area contributed by atoms with Gasteiger partial charge in [0.1, 0.15) is 17.4 Å². The summed E-state index contributed by atoms with van der Waals surface area (Å²) in [5, 5.41) is 5.70. The number of imidazole rings is 1. The second kappa shape index (κ2) is 7.29. The largest absolute Gasteiger partial charge is 0.337 e. The topological polar surface area (TPSA) is 63.1 Å². The summed E-state index contributed by atoms with van der Waals surface area (Å²) in [4.78, 5) is 21.5. The molecular weight excluding hydrogens is 302 g/mol. The Morgan fingerprint density at radius 2 is 2.00 bits per heavy atom. The molecule has 0 bridgehead atoms. The number of aromatic nitrogens is 3. The molecule has 0 atom stereocenters. The first-order valence-corrected chi connectivity index (χ1v) is 8.52. The van der Waals surface area contributed by atoms with Crippen molar-refractivity contribution in [1.82, 2.24) is 20.0 Å². The fraction of sp³-hybridized carbons (Fsp3) is 0.389. The van der Waals surface area contributed by atoms with Gasteiger partial charge in [-0.3, -0.25) is 4.98 Å². The predicted molar refractivity (Wildman–Crippen MR) is 96.7 cm³/mol. The smallest absolute Gasteiger partial charge is 0.336 e. The van der Waals surface area contributed by atoms with E-state index in [0.717, 1.165) is 41.2 Å². The van der Waals surface area contributed by atoms with Gasteiger partial charge in [0.05, 0.1) is 11.7 Å². The minimum atomic E-state index is -0.0921. The van der Waals surface area contributed by atoms with Crippen LogP contribution in [0.15, 0.2) is 36.8 Å². The van der Waals surface area contributed by atoms with Gasteiger partial charge in [0.15, 0.2) is 0 Å². The molecule has 0 aliphatic heterocycles. The van der Waals surface area contributed by atoms with Crippen molar-refractivity contribution in [2.45, 2.75) is 33.1 Å². The molecule has 0 aliphatic rings. The van der Waals surface area contributed by atoms with Gasteiger partial charge < -0.3 is 5.32 Å². The molecule has 2 aromatic heterocycles. The summed E-state index contributed by atoms with van der Waals surface area (Å²) in [6.45, 7) is 5.47. The Labute approximate surface area is 141 Å². The summed E-state index contributed by atoms with van der Waals surface area (Å²) in [7, 11) is 0. The summed E-state index contributed by atoms with van der Waals surface area (Å²) in [5.74, 6) is 0. The number of fused-ring (bicyclic) bond motifs is 3. The third-order valence-corrected chi connectivity index (χ3v) is 4.01. The second-order valence-corrected chi connectivity index (χ2v) is 5.81. The van der Waals surface area contributed by atoms with E-state index in [0.29, 0.717) is 13.1 Å². The van der Waals surface area contributed by atoms with Crippen LogP contribution in [0.5, 0.6) is 0 Å². The highest BCUT2D eigenvalue weighted by molar-refractivity contribution is 6.03. The fourth-order valence-corrected chi connectivity index (χ4v) is 2.75. The van der Waals surface area contributed by atoms with Crippen molar-refractivity contribution in [2.75, 3.05) is 18.1 Å². The Balaban J connectivity index is 2.09. The quantitative estimate of drug-likeness (QED) is 0.755. The van der Waals surface area contributed by atoms with Crippen molar-refractivity contribution in [3.63, 3.8) is 0 Å². The molecule has 2 amide bonds. The number of carbonyl (C=O) groups excluding carboxylic acids is 1. The number of para-hydroxylation sites is 1. The van der Waals surface area contributed by atoms with Crippen molar-refractivity contribution < 1.29 is 4.79 Å². The number of nitrogens with one attached hydrogen (secondary N) is 1. The Bertz CT molecular complexity index is 842. The van der Waals surface area contributed by atoms with Gasteiger partial charge in [-0.2, -0.15) is 0 Å². The lowest BCUT2D eigenvalue weighted by atomic mass is 10.2. The predicted octanol–water partition coefficient (Wildman–Crippen LogP) is 3.44. The lowest BCUT2D eigenvalue weighted by Crippen LogP contribution is -2.47. The standard InChI is InChI=1S/C18H23N5O/c1-3-5-11-22(18(24)19-10-4-2)23-13-21-16-12-20-15-9-7-6-8-14(15)17(16)23/h6-9,12-13H,3-5,10-11H2,1-2H3,(H,19,24). The Morgan fingerprint density at radius 3 is 2.79 bits per heavy atom. The highest BCUT2D eigenvalue weighted by atomic mass is 16.2. The van der Waals surface area contributed by atoms with E-state index in [9.17, 15) is 4.79 Å². The molecule has 0 unspecified atom stereocenters. The maximum absolute atomic E-state index is 12.6. The molecule has 24 heavy (non-hydrogen) atoms. The third-order valence-electron chi connectivity index (χ3n) is 4.01. The average molecular weight is 325 g/mol. The summed E-state index contributed by atoms with van der Waals surface area (Å²) in [6, 6.07) is 7.84. The molecule has 0 fully saturated rings. The molecule has 0 saturated carbocycles. The number of benzene rings is 1. The van der Waals surface area contributed by atoms with Gasteiger partial charge in [-0.25, -0.2) is 19.5 Å². The van der Waals surface area contributed by atoms with Crippen LogP contribution in [0.4, 0.5) is 4.79 Å². The molecule has 1 aromatic carbocycles. The molecule has 6 nitrogen and oxygen atoms in total. The van der Waals surface area contributed by atoms with E-state index in [1.807, 2.05) is 35.9 Å². The molecule has 0 aliphatic carbocycles. The number of rotatable bonds is 6. The molecule has 6 heteroatoms. The number of hydrogen-bond donors (Lipinski definition) is 1. The van der Waals surface area contributed by atoms with E-state index in [4.69, 9.17) is 0 Å². The first-order valence-electron chi connectivity index (χ1n) is 8.52. The summed E-state index contributed by atoms with van der Waals surface area (Å²) in [5.41, 5.74) is 2.61. The summed E-state index contributed by atoms with van der Waals surface area (Å²) in [6.07, 6.45) is 6.33. The van der Waals surface area contributed by atoms with Crippen LogP contribution in [0.25, 0.3) is 21.9 Å². The minimum absolute atomic E-state index is 0.0921. The molecule has 3 aromatic rings. The zero-order valence-corrected chi connectivity index (χ0v) is 14.2. The van der Waals surface area contributed by atoms with Gasteiger partial charge in [-0.1, -0.05) is 38.5 Å². The van der Waals surface area contributed by atoms with Gasteiger partial charge in [0.25, 0.3) is 0 Å². The van der Waals surface area contributed by atoms with Crippen LogP contribution in [0, 0.1) is 0 Å².